The van der Waals surface area contributed by atoms with Crippen molar-refractivity contribution in [2.45, 2.75) is 187 Å². The number of aldehydes is 1. The predicted octanol–water partition coefficient (Wildman–Crippen LogP) is 13.8. The summed E-state index contributed by atoms with van der Waals surface area (Å²) in [6, 6.07) is 26.0. The summed E-state index contributed by atoms with van der Waals surface area (Å²) in [6.07, 6.45) is 12.2. The van der Waals surface area contributed by atoms with E-state index in [-0.39, 0.29) is 18.2 Å². The fourth-order valence-corrected chi connectivity index (χ4v) is 13.1. The van der Waals surface area contributed by atoms with E-state index < -0.39 is 47.0 Å². The Labute approximate surface area is 527 Å². The molecule has 1 N–H and O–H groups in total. The van der Waals surface area contributed by atoms with Crippen LogP contribution in [0.2, 0.25) is 0 Å². The van der Waals surface area contributed by atoms with E-state index in [9.17, 15) is 24.0 Å². The van der Waals surface area contributed by atoms with Crippen molar-refractivity contribution in [3.8, 4) is 0 Å². The van der Waals surface area contributed by atoms with E-state index in [1.807, 2.05) is 120 Å². The Bertz CT molecular complexity index is 3160. The first kappa shape index (κ1) is 66.8. The Balaban J connectivity index is 0.000000170. The number of carbonyl (C=O) groups is 5. The van der Waals surface area contributed by atoms with Crippen LogP contribution in [0.5, 0.6) is 0 Å². The number of rotatable bonds is 6. The molecule has 3 aromatic carbocycles. The van der Waals surface area contributed by atoms with E-state index in [0.29, 0.717) is 38.5 Å². The van der Waals surface area contributed by atoms with Gasteiger partial charge in [-0.3, -0.25) is 29.6 Å². The van der Waals surface area contributed by atoms with Gasteiger partial charge in [-0.1, -0.05) is 96.3 Å². The molecule has 0 saturated heterocycles. The second-order valence-corrected chi connectivity index (χ2v) is 27.7. The van der Waals surface area contributed by atoms with Crippen molar-refractivity contribution in [1.82, 2.24) is 34.9 Å². The number of esters is 1. The molecule has 16 nitrogen and oxygen atoms in total. The van der Waals surface area contributed by atoms with E-state index in [0.717, 1.165) is 67.8 Å². The van der Waals surface area contributed by atoms with Crippen molar-refractivity contribution >= 4 is 78.3 Å². The normalized spacial score (nSPS) is 19.6. The van der Waals surface area contributed by atoms with E-state index in [4.69, 9.17) is 23.9 Å². The molecule has 0 fully saturated rings. The van der Waals surface area contributed by atoms with Crippen LogP contribution in [0.1, 0.15) is 156 Å². The number of benzene rings is 3. The first-order valence-electron chi connectivity index (χ1n) is 29.2. The standard InChI is InChI=1S/C25H32BrN3O2.C16H20BrNO4.C15H18BrNO3.C10H14N2/c1-25(2,3)31-24(30)29-15-18-9-5-11-21(26)20(18)14-19(29)16-28(4)22-12-6-8-17-10-7-13-27-23(17)22;1-16(2,3)22-15(20)18-9-10-6-5-7-12(17)11(10)8-13(18)14(19)21-4;1-15(2,3)20-14(19)17-8-10-5-4-6-13(16)12(10)7-11(17)9-18;1-11-9-6-2-4-8-5-3-7-12-10(8)9/h5,7,9-11,13,19,22H,6,8,12,14-16H2,1-4H3;5-7,13H,8-9H2,1-4H3;4-6,9,11H,7-8H2,1-3H3;3,5,7,9,11H,2,4,6H2,1H3/t19-,22?;13-;11-;/m111./s1. The molecule has 5 heterocycles. The minimum absolute atomic E-state index is 0.0418. The number of nitrogens with zero attached hydrogens (tertiary/aromatic N) is 6. The summed E-state index contributed by atoms with van der Waals surface area (Å²) in [4.78, 5) is 77.5. The first-order valence-corrected chi connectivity index (χ1v) is 31.6. The molecule has 2 aromatic heterocycles. The largest absolute Gasteiger partial charge is 0.467 e. The average Bonchev–Trinajstić information content (AvgIpc) is 1.55. The number of amides is 3. The number of nitrogens with one attached hydrogen (secondary N) is 1. The third kappa shape index (κ3) is 17.9. The lowest BCUT2D eigenvalue weighted by Crippen LogP contribution is -2.51. The Kier molecular flexibility index (Phi) is 23.0. The summed E-state index contributed by atoms with van der Waals surface area (Å²) in [5.41, 5.74) is 10.2. The summed E-state index contributed by atoms with van der Waals surface area (Å²) in [6.45, 7) is 18.7. The SMILES string of the molecule is CC(C)(C)OC(=O)N1Cc2cccc(Br)c2C[C@@H]1C=O.CN(C[C@H]1Cc2c(Br)cccc2CN1C(=O)OC(C)(C)C)C1CCCc2cccnc21.CNC1CCCc2cccnc21.COC(=O)[C@H]1Cc2c(Br)cccc2CN1C(=O)OC(C)(C)C. The summed E-state index contributed by atoms with van der Waals surface area (Å²) in [5.74, 6) is -0.438. The van der Waals surface area contributed by atoms with Crippen LogP contribution in [0.4, 0.5) is 14.4 Å². The van der Waals surface area contributed by atoms with Crippen LogP contribution < -0.4 is 5.32 Å². The smallest absolute Gasteiger partial charge is 0.411 e. The number of hydrogen-bond acceptors (Lipinski definition) is 13. The molecule has 5 atom stereocenters. The van der Waals surface area contributed by atoms with Crippen molar-refractivity contribution in [2.24, 2.45) is 0 Å². The number of likely N-dealkylation sites (N-methyl/N-ethyl adjacent to an activating group) is 1. The zero-order chi connectivity index (χ0) is 62.0. The van der Waals surface area contributed by atoms with Gasteiger partial charge in [-0.2, -0.15) is 0 Å². The van der Waals surface area contributed by atoms with Crippen LogP contribution in [-0.4, -0.2) is 123 Å². The van der Waals surface area contributed by atoms with Crippen LogP contribution in [-0.2, 0) is 80.3 Å². The van der Waals surface area contributed by atoms with Crippen molar-refractivity contribution in [3.05, 3.63) is 161 Å². The van der Waals surface area contributed by atoms with Crippen molar-refractivity contribution in [3.63, 3.8) is 0 Å². The van der Waals surface area contributed by atoms with Crippen LogP contribution in [0.15, 0.2) is 105 Å². The molecule has 2 unspecified atom stereocenters. The Morgan fingerprint density at radius 1 is 0.600 bits per heavy atom. The van der Waals surface area contributed by atoms with E-state index in [2.05, 4.69) is 94.3 Å². The molecule has 19 heteroatoms. The molecular formula is C66H84Br3N7O9. The third-order valence-corrected chi connectivity index (χ3v) is 17.6. The third-order valence-electron chi connectivity index (χ3n) is 15.4. The molecule has 0 bridgehead atoms. The molecule has 10 rings (SSSR count). The van der Waals surface area contributed by atoms with Crippen LogP contribution >= 0.6 is 47.8 Å². The van der Waals surface area contributed by atoms with E-state index >= 15 is 0 Å². The molecule has 5 aromatic rings. The van der Waals surface area contributed by atoms with Gasteiger partial charge in [0.2, 0.25) is 0 Å². The Morgan fingerprint density at radius 3 is 1.54 bits per heavy atom. The molecule has 5 aliphatic rings. The molecule has 0 saturated carbocycles. The number of ether oxygens (including phenoxy) is 4. The Morgan fingerprint density at radius 2 is 1.04 bits per heavy atom. The van der Waals surface area contributed by atoms with Gasteiger partial charge in [-0.05, 0) is 196 Å². The van der Waals surface area contributed by atoms with Crippen LogP contribution in [0.25, 0.3) is 0 Å². The monoisotopic (exact) mass is 1360 g/mol. The van der Waals surface area contributed by atoms with E-state index in [1.54, 1.807) is 20.8 Å². The topological polar surface area (TPSA) is 173 Å². The molecule has 3 amide bonds. The van der Waals surface area contributed by atoms with Gasteiger partial charge >= 0.3 is 24.2 Å². The van der Waals surface area contributed by atoms with Crippen molar-refractivity contribution in [1.29, 1.82) is 0 Å². The van der Waals surface area contributed by atoms with Gasteiger partial charge < -0.3 is 29.1 Å². The predicted molar refractivity (Wildman–Crippen MR) is 340 cm³/mol. The van der Waals surface area contributed by atoms with Gasteiger partial charge in [0.05, 0.1) is 49.7 Å². The van der Waals surface area contributed by atoms with Crippen molar-refractivity contribution in [2.75, 3.05) is 27.7 Å². The van der Waals surface area contributed by atoms with Gasteiger partial charge in [0, 0.05) is 57.8 Å². The molecule has 3 aliphatic heterocycles. The number of carbonyl (C=O) groups excluding carboxylic acids is 5. The van der Waals surface area contributed by atoms with Gasteiger partial charge in [-0.15, -0.1) is 0 Å². The second-order valence-electron chi connectivity index (χ2n) is 25.1. The molecule has 458 valence electrons. The molecule has 2 aliphatic carbocycles. The Hall–Kier alpha value is -5.73. The molecular weight excluding hydrogens is 1270 g/mol. The summed E-state index contributed by atoms with van der Waals surface area (Å²) >= 11 is 10.7. The highest BCUT2D eigenvalue weighted by Gasteiger charge is 2.40. The zero-order valence-corrected chi connectivity index (χ0v) is 56.1. The van der Waals surface area contributed by atoms with Gasteiger partial charge in [-0.25, -0.2) is 19.2 Å². The minimum atomic E-state index is -0.675. The number of halogens is 3. The molecule has 0 radical (unpaired) electrons. The number of hydrogen-bond donors (Lipinski definition) is 1. The number of methoxy groups -OCH3 is 1. The number of pyridine rings is 2. The fraction of sp³-hybridized carbons (Fsp3) is 0.500. The molecule has 85 heavy (non-hydrogen) atoms. The minimum Gasteiger partial charge on any atom is -0.467 e. The lowest BCUT2D eigenvalue weighted by Gasteiger charge is -2.41. The average molecular weight is 1360 g/mol. The highest BCUT2D eigenvalue weighted by Crippen LogP contribution is 2.37. The summed E-state index contributed by atoms with van der Waals surface area (Å²) in [7, 11) is 5.50. The zero-order valence-electron chi connectivity index (χ0n) is 51.3. The number of aryl methyl sites for hydroxylation is 2. The van der Waals surface area contributed by atoms with Gasteiger partial charge in [0.1, 0.15) is 29.1 Å². The summed E-state index contributed by atoms with van der Waals surface area (Å²) in [5, 5.41) is 3.30. The maximum atomic E-state index is 13.1. The first-order chi connectivity index (χ1) is 40.2. The number of aromatic nitrogens is 2. The molecule has 0 spiro atoms. The van der Waals surface area contributed by atoms with Gasteiger partial charge in [0.15, 0.2) is 0 Å². The summed E-state index contributed by atoms with van der Waals surface area (Å²) < 4.78 is 24.4. The van der Waals surface area contributed by atoms with Crippen molar-refractivity contribution < 1.29 is 42.9 Å². The maximum Gasteiger partial charge on any atom is 0.411 e. The lowest BCUT2D eigenvalue weighted by atomic mass is 9.89. The van der Waals surface area contributed by atoms with Gasteiger partial charge in [0.25, 0.3) is 0 Å². The number of fused-ring (bicyclic) bond motifs is 5. The fourth-order valence-electron chi connectivity index (χ4n) is 11.4. The van der Waals surface area contributed by atoms with E-state index in [1.165, 1.54) is 76.2 Å². The highest BCUT2D eigenvalue weighted by molar-refractivity contribution is 9.11. The lowest BCUT2D eigenvalue weighted by molar-refractivity contribution is -0.147. The quantitative estimate of drug-likeness (QED) is 0.0967. The van der Waals surface area contributed by atoms with Crippen LogP contribution in [0, 0.1) is 0 Å². The maximum absolute atomic E-state index is 13.1. The second kappa shape index (κ2) is 29.3. The highest BCUT2D eigenvalue weighted by atomic mass is 79.9. The van der Waals surface area contributed by atoms with Crippen LogP contribution in [0.3, 0.4) is 0 Å².